The lowest BCUT2D eigenvalue weighted by atomic mass is 10.2. The van der Waals surface area contributed by atoms with Crippen LogP contribution in [-0.2, 0) is 0 Å². The number of halogens is 1. The van der Waals surface area contributed by atoms with E-state index in [1.54, 1.807) is 12.1 Å². The van der Waals surface area contributed by atoms with Crippen molar-refractivity contribution in [1.82, 2.24) is 25.1 Å². The van der Waals surface area contributed by atoms with Crippen molar-refractivity contribution < 1.29 is 8.81 Å². The van der Waals surface area contributed by atoms with E-state index in [-0.39, 0.29) is 11.1 Å². The fourth-order valence-electron chi connectivity index (χ4n) is 2.26. The molecule has 4 aromatic rings. The highest BCUT2D eigenvalue weighted by molar-refractivity contribution is 7.99. The predicted octanol–water partition coefficient (Wildman–Crippen LogP) is 3.76. The predicted molar refractivity (Wildman–Crippen MR) is 97.4 cm³/mol. The van der Waals surface area contributed by atoms with Gasteiger partial charge in [0.15, 0.2) is 5.82 Å². The van der Waals surface area contributed by atoms with Gasteiger partial charge in [0, 0.05) is 5.56 Å². The molecule has 1 atom stereocenters. The van der Waals surface area contributed by atoms with Gasteiger partial charge in [-0.2, -0.15) is 0 Å². The maximum absolute atomic E-state index is 13.1. The fraction of sp³-hybridized carbons (Fsp3) is 0.125. The first-order chi connectivity index (χ1) is 12.6. The van der Waals surface area contributed by atoms with Crippen LogP contribution in [0.25, 0.3) is 22.2 Å². The highest BCUT2D eigenvalue weighted by Gasteiger charge is 2.21. The van der Waals surface area contributed by atoms with Crippen LogP contribution < -0.4 is 5.84 Å². The molecule has 0 saturated carbocycles. The highest BCUT2D eigenvalue weighted by atomic mass is 32.2. The van der Waals surface area contributed by atoms with Gasteiger partial charge in [0.25, 0.3) is 5.89 Å². The van der Waals surface area contributed by atoms with Crippen LogP contribution in [0.3, 0.4) is 0 Å². The minimum atomic E-state index is -0.321. The Labute approximate surface area is 156 Å². The fourth-order valence-corrected chi connectivity index (χ4v) is 3.70. The lowest BCUT2D eigenvalue weighted by Gasteiger charge is -2.06. The van der Waals surface area contributed by atoms with E-state index >= 15 is 0 Å². The lowest BCUT2D eigenvalue weighted by molar-refractivity contribution is 0.510. The van der Waals surface area contributed by atoms with Gasteiger partial charge in [-0.3, -0.25) is 0 Å². The van der Waals surface area contributed by atoms with Gasteiger partial charge in [-0.15, -0.1) is 31.7 Å². The van der Waals surface area contributed by atoms with Crippen LogP contribution in [0.1, 0.15) is 18.1 Å². The van der Waals surface area contributed by atoms with Crippen molar-refractivity contribution in [2.75, 3.05) is 5.84 Å². The van der Waals surface area contributed by atoms with Gasteiger partial charge in [-0.25, -0.2) is 9.07 Å². The Morgan fingerprint density at radius 2 is 1.96 bits per heavy atom. The standard InChI is InChI=1S/C16H13FN6OS2/c1-9(14-20-21-15(24-14)12-3-2-8-25-12)26-16-22-19-13(23(16)18)10-4-6-11(17)7-5-10/h2-9H,18H2,1H3/t9-/m0/s1. The number of thioether (sulfide) groups is 1. The third kappa shape index (κ3) is 3.20. The maximum Gasteiger partial charge on any atom is 0.257 e. The number of nitrogen functional groups attached to an aromatic ring is 1. The van der Waals surface area contributed by atoms with Crippen LogP contribution in [0.5, 0.6) is 0 Å². The summed E-state index contributed by atoms with van der Waals surface area (Å²) in [4.78, 5) is 0.918. The Morgan fingerprint density at radius 1 is 1.15 bits per heavy atom. The van der Waals surface area contributed by atoms with Crippen LogP contribution in [0.2, 0.25) is 0 Å². The second-order valence-corrected chi connectivity index (χ2v) is 7.62. The molecule has 7 nitrogen and oxygen atoms in total. The molecule has 0 saturated heterocycles. The average molecular weight is 388 g/mol. The summed E-state index contributed by atoms with van der Waals surface area (Å²) >= 11 is 2.88. The van der Waals surface area contributed by atoms with Gasteiger partial charge >= 0.3 is 0 Å². The van der Waals surface area contributed by atoms with Crippen LogP contribution in [0.4, 0.5) is 4.39 Å². The zero-order valence-corrected chi connectivity index (χ0v) is 15.2. The molecule has 0 spiro atoms. The summed E-state index contributed by atoms with van der Waals surface area (Å²) in [7, 11) is 0. The number of hydrogen-bond donors (Lipinski definition) is 1. The molecule has 3 heterocycles. The summed E-state index contributed by atoms with van der Waals surface area (Å²) in [6.45, 7) is 1.92. The van der Waals surface area contributed by atoms with E-state index < -0.39 is 0 Å². The molecule has 0 aliphatic heterocycles. The number of nitrogens with two attached hydrogens (primary N) is 1. The van der Waals surface area contributed by atoms with Gasteiger partial charge in [-0.05, 0) is 42.6 Å². The molecular weight excluding hydrogens is 375 g/mol. The largest absolute Gasteiger partial charge is 0.419 e. The number of aromatic nitrogens is 5. The molecular formula is C16H13FN6OS2. The van der Waals surface area contributed by atoms with Gasteiger partial charge < -0.3 is 10.3 Å². The Bertz CT molecular complexity index is 1010. The Morgan fingerprint density at radius 3 is 2.69 bits per heavy atom. The minimum Gasteiger partial charge on any atom is -0.419 e. The molecule has 0 radical (unpaired) electrons. The van der Waals surface area contributed by atoms with Crippen molar-refractivity contribution >= 4 is 23.1 Å². The lowest BCUT2D eigenvalue weighted by Crippen LogP contribution is -2.12. The molecule has 0 amide bonds. The molecule has 26 heavy (non-hydrogen) atoms. The van der Waals surface area contributed by atoms with Crippen LogP contribution in [0.15, 0.2) is 51.4 Å². The van der Waals surface area contributed by atoms with Crippen LogP contribution >= 0.6 is 23.1 Å². The third-order valence-electron chi connectivity index (χ3n) is 3.57. The average Bonchev–Trinajstić information content (AvgIpc) is 3.37. The minimum absolute atomic E-state index is 0.163. The van der Waals surface area contributed by atoms with E-state index in [1.165, 1.54) is 39.9 Å². The number of hydrogen-bond acceptors (Lipinski definition) is 8. The molecule has 0 aliphatic rings. The monoisotopic (exact) mass is 388 g/mol. The summed E-state index contributed by atoms with van der Waals surface area (Å²) in [5.74, 6) is 7.19. The maximum atomic E-state index is 13.1. The summed E-state index contributed by atoms with van der Waals surface area (Å²) in [5, 5.41) is 18.7. The van der Waals surface area contributed by atoms with Gasteiger partial charge in [0.2, 0.25) is 11.0 Å². The van der Waals surface area contributed by atoms with E-state index in [2.05, 4.69) is 20.4 Å². The second kappa shape index (κ2) is 6.89. The summed E-state index contributed by atoms with van der Waals surface area (Å²) in [6.07, 6.45) is 0. The molecule has 0 bridgehead atoms. The third-order valence-corrected chi connectivity index (χ3v) is 5.47. The number of thiophene rings is 1. The van der Waals surface area contributed by atoms with Crippen molar-refractivity contribution in [3.05, 3.63) is 53.5 Å². The van der Waals surface area contributed by atoms with Crippen molar-refractivity contribution in [3.63, 3.8) is 0 Å². The Balaban J connectivity index is 1.53. The van der Waals surface area contributed by atoms with Gasteiger partial charge in [0.05, 0.1) is 10.1 Å². The molecule has 1 aromatic carbocycles. The smallest absolute Gasteiger partial charge is 0.257 e. The molecule has 3 aromatic heterocycles. The van der Waals surface area contributed by atoms with E-state index in [4.69, 9.17) is 10.3 Å². The molecule has 4 rings (SSSR count). The second-order valence-electron chi connectivity index (χ2n) is 5.37. The van der Waals surface area contributed by atoms with E-state index in [9.17, 15) is 4.39 Å². The number of benzene rings is 1. The molecule has 10 heteroatoms. The van der Waals surface area contributed by atoms with Gasteiger partial charge in [-0.1, -0.05) is 17.8 Å². The molecule has 132 valence electrons. The normalized spacial score (nSPS) is 12.4. The van der Waals surface area contributed by atoms with Crippen molar-refractivity contribution in [2.24, 2.45) is 0 Å². The van der Waals surface area contributed by atoms with Crippen molar-refractivity contribution in [1.29, 1.82) is 0 Å². The van der Waals surface area contributed by atoms with Gasteiger partial charge in [0.1, 0.15) is 5.82 Å². The topological polar surface area (TPSA) is 95.7 Å². The molecule has 0 fully saturated rings. The first kappa shape index (κ1) is 16.7. The number of nitrogens with zero attached hydrogens (tertiary/aromatic N) is 5. The summed E-state index contributed by atoms with van der Waals surface area (Å²) in [5.41, 5.74) is 0.679. The summed E-state index contributed by atoms with van der Waals surface area (Å²) in [6, 6.07) is 9.76. The van der Waals surface area contributed by atoms with Crippen LogP contribution in [-0.4, -0.2) is 25.1 Å². The zero-order chi connectivity index (χ0) is 18.1. The van der Waals surface area contributed by atoms with Crippen LogP contribution in [0, 0.1) is 5.82 Å². The SMILES string of the molecule is C[C@H](Sc1nnc(-c2ccc(F)cc2)n1N)c1nnc(-c2cccs2)o1. The van der Waals surface area contributed by atoms with E-state index in [1.807, 2.05) is 24.4 Å². The van der Waals surface area contributed by atoms with E-state index in [0.717, 1.165) is 4.88 Å². The molecule has 0 aliphatic carbocycles. The first-order valence-corrected chi connectivity index (χ1v) is 9.38. The quantitative estimate of drug-likeness (QED) is 0.411. The Hall–Kier alpha value is -2.72. The first-order valence-electron chi connectivity index (χ1n) is 7.62. The number of rotatable bonds is 5. The highest BCUT2D eigenvalue weighted by Crippen LogP contribution is 2.35. The Kier molecular flexibility index (Phi) is 4.43. The van der Waals surface area contributed by atoms with Crippen molar-refractivity contribution in [2.45, 2.75) is 17.3 Å². The zero-order valence-electron chi connectivity index (χ0n) is 13.5. The molecule has 2 N–H and O–H groups in total. The van der Waals surface area contributed by atoms with E-state index in [0.29, 0.717) is 28.3 Å². The molecule has 0 unspecified atom stereocenters. The van der Waals surface area contributed by atoms with Crippen molar-refractivity contribution in [3.8, 4) is 22.2 Å². The summed E-state index contributed by atoms with van der Waals surface area (Å²) < 4.78 is 20.2.